The van der Waals surface area contributed by atoms with E-state index in [1.807, 2.05) is 0 Å². The number of ether oxygens (including phenoxy) is 2. The molecule has 0 aliphatic heterocycles. The molecule has 0 aromatic heterocycles. The van der Waals surface area contributed by atoms with Gasteiger partial charge in [0.05, 0.1) is 25.0 Å². The zero-order chi connectivity index (χ0) is 19.3. The molecule has 146 valence electrons. The first-order chi connectivity index (χ1) is 11.4. The number of hydrogen-bond donors (Lipinski definition) is 0. The lowest BCUT2D eigenvalue weighted by Crippen LogP contribution is -2.37. The molecule has 0 spiro atoms. The van der Waals surface area contributed by atoms with Gasteiger partial charge in [-0.3, -0.25) is 9.59 Å². The Kier molecular flexibility index (Phi) is 7.95. The topological polar surface area (TPSA) is 52.6 Å². The van der Waals surface area contributed by atoms with Gasteiger partial charge in [0.1, 0.15) is 0 Å². The molecule has 0 radical (unpaired) electrons. The van der Waals surface area contributed by atoms with E-state index in [4.69, 9.17) is 9.47 Å². The molecule has 1 aliphatic rings. The van der Waals surface area contributed by atoms with Gasteiger partial charge in [0, 0.05) is 0 Å². The second-order valence-electron chi connectivity index (χ2n) is 10.1. The van der Waals surface area contributed by atoms with Crippen LogP contribution in [0, 0.1) is 28.6 Å². The van der Waals surface area contributed by atoms with Crippen LogP contribution in [0.25, 0.3) is 0 Å². The van der Waals surface area contributed by atoms with Crippen LogP contribution < -0.4 is 0 Å². The van der Waals surface area contributed by atoms with Crippen molar-refractivity contribution in [2.24, 2.45) is 28.6 Å². The Balaban J connectivity index is 2.59. The van der Waals surface area contributed by atoms with Crippen LogP contribution in [0.4, 0.5) is 0 Å². The van der Waals surface area contributed by atoms with Crippen LogP contribution in [-0.4, -0.2) is 25.2 Å². The molecule has 1 rings (SSSR count). The van der Waals surface area contributed by atoms with Gasteiger partial charge in [-0.15, -0.1) is 0 Å². The summed E-state index contributed by atoms with van der Waals surface area (Å²) in [6, 6.07) is 0. The molecule has 0 amide bonds. The van der Waals surface area contributed by atoms with Gasteiger partial charge >= 0.3 is 11.9 Å². The highest BCUT2D eigenvalue weighted by Gasteiger charge is 2.40. The second-order valence-corrected chi connectivity index (χ2v) is 10.1. The average Bonchev–Trinajstić information content (AvgIpc) is 2.44. The number of carbonyl (C=O) groups excluding carboxylic acids is 2. The fraction of sp³-hybridized carbons (Fsp3) is 0.905. The van der Waals surface area contributed by atoms with Crippen molar-refractivity contribution in [2.45, 2.75) is 80.6 Å². The summed E-state index contributed by atoms with van der Waals surface area (Å²) in [5, 5.41) is 0. The SMILES string of the molecule is CC1CCC(C(=O)OCCC(C)(C)C)C(C(=O)OCCC(C)(C)C)C1. The normalized spacial score (nSPS) is 24.7. The highest BCUT2D eigenvalue weighted by atomic mass is 16.5. The fourth-order valence-corrected chi connectivity index (χ4v) is 3.05. The van der Waals surface area contributed by atoms with Crippen LogP contribution in [0.15, 0.2) is 0 Å². The number of esters is 2. The Bertz CT molecular complexity index is 442. The second kappa shape index (κ2) is 9.05. The lowest BCUT2D eigenvalue weighted by atomic mass is 9.74. The minimum Gasteiger partial charge on any atom is -0.465 e. The summed E-state index contributed by atoms with van der Waals surface area (Å²) in [5.41, 5.74) is 0.262. The van der Waals surface area contributed by atoms with E-state index < -0.39 is 0 Å². The molecule has 4 nitrogen and oxygen atoms in total. The van der Waals surface area contributed by atoms with E-state index in [1.165, 1.54) is 0 Å². The van der Waals surface area contributed by atoms with E-state index >= 15 is 0 Å². The maximum absolute atomic E-state index is 12.5. The van der Waals surface area contributed by atoms with E-state index in [-0.39, 0.29) is 34.6 Å². The molecule has 25 heavy (non-hydrogen) atoms. The first-order valence-corrected chi connectivity index (χ1v) is 9.72. The predicted molar refractivity (Wildman–Crippen MR) is 100 cm³/mol. The van der Waals surface area contributed by atoms with E-state index in [0.717, 1.165) is 19.3 Å². The maximum atomic E-state index is 12.5. The largest absolute Gasteiger partial charge is 0.465 e. The van der Waals surface area contributed by atoms with Crippen molar-refractivity contribution >= 4 is 11.9 Å². The van der Waals surface area contributed by atoms with Crippen molar-refractivity contribution in [1.82, 2.24) is 0 Å². The van der Waals surface area contributed by atoms with Crippen LogP contribution >= 0.6 is 0 Å². The molecular formula is C21H38O4. The van der Waals surface area contributed by atoms with Gasteiger partial charge in [-0.05, 0) is 48.9 Å². The van der Waals surface area contributed by atoms with Crippen LogP contribution in [0.5, 0.6) is 0 Å². The summed E-state index contributed by atoms with van der Waals surface area (Å²) in [4.78, 5) is 25.1. The fourth-order valence-electron chi connectivity index (χ4n) is 3.05. The molecule has 3 unspecified atom stereocenters. The van der Waals surface area contributed by atoms with Gasteiger partial charge in [0.25, 0.3) is 0 Å². The van der Waals surface area contributed by atoms with Crippen molar-refractivity contribution in [3.05, 3.63) is 0 Å². The van der Waals surface area contributed by atoms with Gasteiger partial charge in [-0.1, -0.05) is 48.5 Å². The zero-order valence-corrected chi connectivity index (χ0v) is 17.3. The summed E-state index contributed by atoms with van der Waals surface area (Å²) in [6.07, 6.45) is 4.04. The highest BCUT2D eigenvalue weighted by molar-refractivity contribution is 5.82. The lowest BCUT2D eigenvalue weighted by Gasteiger charge is -2.32. The van der Waals surface area contributed by atoms with Crippen molar-refractivity contribution < 1.29 is 19.1 Å². The number of rotatable bonds is 6. The molecule has 4 heteroatoms. The van der Waals surface area contributed by atoms with E-state index in [1.54, 1.807) is 0 Å². The van der Waals surface area contributed by atoms with Crippen molar-refractivity contribution in [3.8, 4) is 0 Å². The molecule has 0 aromatic rings. The quantitative estimate of drug-likeness (QED) is 0.630. The minimum absolute atomic E-state index is 0.130. The summed E-state index contributed by atoms with van der Waals surface area (Å²) in [5.74, 6) is -0.717. The van der Waals surface area contributed by atoms with E-state index in [0.29, 0.717) is 32.0 Å². The molecule has 0 N–H and O–H groups in total. The minimum atomic E-state index is -0.356. The maximum Gasteiger partial charge on any atom is 0.309 e. The molecule has 1 fully saturated rings. The van der Waals surface area contributed by atoms with Crippen molar-refractivity contribution in [2.75, 3.05) is 13.2 Å². The predicted octanol–water partition coefficient (Wildman–Crippen LogP) is 5.00. The third-order valence-corrected chi connectivity index (χ3v) is 4.91. The monoisotopic (exact) mass is 354 g/mol. The first-order valence-electron chi connectivity index (χ1n) is 9.72. The lowest BCUT2D eigenvalue weighted by molar-refractivity contribution is -0.164. The molecular weight excluding hydrogens is 316 g/mol. The average molecular weight is 355 g/mol. The van der Waals surface area contributed by atoms with Crippen LogP contribution in [0.3, 0.4) is 0 Å². The van der Waals surface area contributed by atoms with Gasteiger partial charge in [0.15, 0.2) is 0 Å². The molecule has 0 heterocycles. The molecule has 1 saturated carbocycles. The summed E-state index contributed by atoms with van der Waals surface area (Å²) < 4.78 is 11.0. The Morgan fingerprint density at radius 2 is 1.24 bits per heavy atom. The van der Waals surface area contributed by atoms with Gasteiger partial charge in [0.2, 0.25) is 0 Å². The first kappa shape index (κ1) is 22.0. The highest BCUT2D eigenvalue weighted by Crippen LogP contribution is 2.36. The van der Waals surface area contributed by atoms with Gasteiger partial charge in [-0.2, -0.15) is 0 Å². The third kappa shape index (κ3) is 8.73. The summed E-state index contributed by atoms with van der Waals surface area (Å²) in [6.45, 7) is 15.7. The summed E-state index contributed by atoms with van der Waals surface area (Å²) in [7, 11) is 0. The Morgan fingerprint density at radius 3 is 1.68 bits per heavy atom. The van der Waals surface area contributed by atoms with Crippen LogP contribution in [-0.2, 0) is 19.1 Å². The Morgan fingerprint density at radius 1 is 0.800 bits per heavy atom. The van der Waals surface area contributed by atoms with E-state index in [2.05, 4.69) is 48.5 Å². The van der Waals surface area contributed by atoms with Crippen LogP contribution in [0.2, 0.25) is 0 Å². The number of carbonyl (C=O) groups is 2. The van der Waals surface area contributed by atoms with Gasteiger partial charge < -0.3 is 9.47 Å². The van der Waals surface area contributed by atoms with Gasteiger partial charge in [-0.25, -0.2) is 0 Å². The Labute approximate surface area is 154 Å². The van der Waals surface area contributed by atoms with Crippen molar-refractivity contribution in [1.29, 1.82) is 0 Å². The standard InChI is InChI=1S/C21H38O4/c1-15-8-9-16(18(22)24-12-10-20(2,3)4)17(14-15)19(23)25-13-11-21(5,6)7/h15-17H,8-14H2,1-7H3. The molecule has 0 bridgehead atoms. The molecule has 3 atom stereocenters. The van der Waals surface area contributed by atoms with E-state index in [9.17, 15) is 9.59 Å². The smallest absolute Gasteiger partial charge is 0.309 e. The molecule has 1 aliphatic carbocycles. The third-order valence-electron chi connectivity index (χ3n) is 4.91. The Hall–Kier alpha value is -1.06. The summed E-state index contributed by atoms with van der Waals surface area (Å²) >= 11 is 0. The number of hydrogen-bond acceptors (Lipinski definition) is 4. The molecule has 0 aromatic carbocycles. The zero-order valence-electron chi connectivity index (χ0n) is 17.3. The van der Waals surface area contributed by atoms with Crippen molar-refractivity contribution in [3.63, 3.8) is 0 Å². The molecule has 0 saturated heterocycles. The van der Waals surface area contributed by atoms with Crippen LogP contribution in [0.1, 0.15) is 80.6 Å².